The fraction of sp³-hybridized carbons (Fsp3) is 0.133. The monoisotopic (exact) mass is 302 g/mol. The molecule has 1 heterocycles. The highest BCUT2D eigenvalue weighted by atomic mass is 32.2. The molecule has 0 unspecified atom stereocenters. The lowest BCUT2D eigenvalue weighted by molar-refractivity contribution is -0.118. The second-order valence-corrected chi connectivity index (χ2v) is 5.24. The number of carbonyl (C=O) groups excluding carboxylic acids is 1. The van der Waals surface area contributed by atoms with Crippen LogP contribution in [0, 0.1) is 0 Å². The van der Waals surface area contributed by atoms with Crippen LogP contribution in [-0.4, -0.2) is 27.7 Å². The molecule has 0 radical (unpaired) electrons. The van der Waals surface area contributed by atoms with Gasteiger partial charge in [-0.1, -0.05) is 42.1 Å². The highest BCUT2D eigenvalue weighted by Crippen LogP contribution is 2.15. The van der Waals surface area contributed by atoms with Gasteiger partial charge in [-0.05, 0) is 17.7 Å². The van der Waals surface area contributed by atoms with Gasteiger partial charge >= 0.3 is 5.97 Å². The van der Waals surface area contributed by atoms with Gasteiger partial charge in [0.2, 0.25) is 5.91 Å². The van der Waals surface area contributed by atoms with E-state index in [1.165, 1.54) is 24.0 Å². The molecule has 6 heteroatoms. The fourth-order valence-electron chi connectivity index (χ4n) is 1.58. The number of carboxylic acids is 1. The van der Waals surface area contributed by atoms with Gasteiger partial charge in [-0.15, -0.1) is 0 Å². The molecule has 0 bridgehead atoms. The summed E-state index contributed by atoms with van der Waals surface area (Å²) >= 11 is 1.27. The van der Waals surface area contributed by atoms with Crippen molar-refractivity contribution >= 4 is 23.6 Å². The first-order valence-corrected chi connectivity index (χ1v) is 7.26. The third-order valence-corrected chi connectivity index (χ3v) is 3.61. The number of hydrogen-bond donors (Lipinski definition) is 2. The third-order valence-electron chi connectivity index (χ3n) is 2.67. The van der Waals surface area contributed by atoms with Gasteiger partial charge in [0.15, 0.2) is 0 Å². The Hall–Kier alpha value is -2.34. The molecule has 21 heavy (non-hydrogen) atoms. The van der Waals surface area contributed by atoms with Crippen LogP contribution >= 0.6 is 11.8 Å². The molecule has 108 valence electrons. The molecule has 5 nitrogen and oxygen atoms in total. The van der Waals surface area contributed by atoms with Crippen molar-refractivity contribution in [1.29, 1.82) is 0 Å². The largest absolute Gasteiger partial charge is 0.478 e. The molecule has 1 aromatic heterocycles. The number of thioether (sulfide) groups is 1. The highest BCUT2D eigenvalue weighted by Gasteiger charge is 2.06. The molecule has 2 N–H and O–H groups in total. The number of benzene rings is 1. The number of carbonyl (C=O) groups is 2. The average Bonchev–Trinajstić information content (AvgIpc) is 2.52. The lowest BCUT2D eigenvalue weighted by atomic mass is 10.2. The predicted octanol–water partition coefficient (Wildman–Crippen LogP) is 2.19. The van der Waals surface area contributed by atoms with Crippen molar-refractivity contribution < 1.29 is 14.7 Å². The summed E-state index contributed by atoms with van der Waals surface area (Å²) in [6.45, 7) is 0.492. The number of amides is 1. The van der Waals surface area contributed by atoms with Crippen molar-refractivity contribution in [2.75, 3.05) is 5.75 Å². The molecule has 0 aliphatic heterocycles. The molecule has 0 saturated carbocycles. The van der Waals surface area contributed by atoms with E-state index in [0.29, 0.717) is 11.6 Å². The Morgan fingerprint density at radius 1 is 1.14 bits per heavy atom. The number of hydrogen-bond acceptors (Lipinski definition) is 4. The predicted molar refractivity (Wildman–Crippen MR) is 80.2 cm³/mol. The molecule has 2 rings (SSSR count). The van der Waals surface area contributed by atoms with Gasteiger partial charge in [0.25, 0.3) is 0 Å². The first kappa shape index (κ1) is 15.1. The quantitative estimate of drug-likeness (QED) is 0.800. The van der Waals surface area contributed by atoms with Crippen LogP contribution in [-0.2, 0) is 11.3 Å². The molecule has 1 aromatic carbocycles. The van der Waals surface area contributed by atoms with Gasteiger partial charge in [-0.3, -0.25) is 4.79 Å². The maximum absolute atomic E-state index is 11.7. The molecule has 0 atom stereocenters. The lowest BCUT2D eigenvalue weighted by Crippen LogP contribution is -2.24. The van der Waals surface area contributed by atoms with Crippen LogP contribution < -0.4 is 5.32 Å². The Balaban J connectivity index is 1.77. The van der Waals surface area contributed by atoms with Gasteiger partial charge in [-0.25, -0.2) is 9.78 Å². The van der Waals surface area contributed by atoms with Crippen molar-refractivity contribution in [1.82, 2.24) is 10.3 Å². The van der Waals surface area contributed by atoms with Crippen LogP contribution in [0.3, 0.4) is 0 Å². The summed E-state index contributed by atoms with van der Waals surface area (Å²) in [6, 6.07) is 12.7. The smallest absolute Gasteiger partial charge is 0.337 e. The Morgan fingerprint density at radius 3 is 2.52 bits per heavy atom. The summed E-state index contributed by atoms with van der Waals surface area (Å²) in [5.41, 5.74) is 1.17. The molecule has 0 fully saturated rings. The summed E-state index contributed by atoms with van der Waals surface area (Å²) in [7, 11) is 0. The first-order chi connectivity index (χ1) is 10.1. The summed E-state index contributed by atoms with van der Waals surface area (Å²) in [6.07, 6.45) is 1.28. The van der Waals surface area contributed by atoms with Crippen LogP contribution in [0.5, 0.6) is 0 Å². The van der Waals surface area contributed by atoms with Gasteiger partial charge in [0, 0.05) is 12.7 Å². The van der Waals surface area contributed by atoms with E-state index in [1.54, 1.807) is 6.07 Å². The zero-order valence-electron chi connectivity index (χ0n) is 11.2. The minimum atomic E-state index is -1.01. The standard InChI is InChI=1S/C15H14N2O3S/c18-13(16-8-11-4-2-1-3-5-11)10-21-14-7-6-12(9-17-14)15(19)20/h1-7,9H,8,10H2,(H,16,18)(H,19,20). The Morgan fingerprint density at radius 2 is 1.90 bits per heavy atom. The second-order valence-electron chi connectivity index (χ2n) is 4.24. The van der Waals surface area contributed by atoms with Crippen LogP contribution in [0.1, 0.15) is 15.9 Å². The second kappa shape index (κ2) is 7.44. The van der Waals surface area contributed by atoms with Crippen LogP contribution in [0.2, 0.25) is 0 Å². The molecular weight excluding hydrogens is 288 g/mol. The van der Waals surface area contributed by atoms with Gasteiger partial charge < -0.3 is 10.4 Å². The Labute approximate surface area is 126 Å². The van der Waals surface area contributed by atoms with Gasteiger partial charge in [0.05, 0.1) is 16.3 Å². The van der Waals surface area contributed by atoms with Crippen molar-refractivity contribution in [2.45, 2.75) is 11.6 Å². The van der Waals surface area contributed by atoms with E-state index in [9.17, 15) is 9.59 Å². The van der Waals surface area contributed by atoms with Crippen molar-refractivity contribution in [3.63, 3.8) is 0 Å². The van der Waals surface area contributed by atoms with E-state index in [4.69, 9.17) is 5.11 Å². The van der Waals surface area contributed by atoms with E-state index in [0.717, 1.165) is 5.56 Å². The van der Waals surface area contributed by atoms with E-state index in [-0.39, 0.29) is 17.2 Å². The Kier molecular flexibility index (Phi) is 5.34. The van der Waals surface area contributed by atoms with E-state index < -0.39 is 5.97 Å². The minimum absolute atomic E-state index is 0.0898. The molecular formula is C15H14N2O3S. The zero-order valence-corrected chi connectivity index (χ0v) is 12.0. The summed E-state index contributed by atoms with van der Waals surface area (Å²) in [5.74, 6) is -0.862. The van der Waals surface area contributed by atoms with Crippen LogP contribution in [0.25, 0.3) is 0 Å². The van der Waals surface area contributed by atoms with Crippen molar-refractivity contribution in [3.05, 3.63) is 59.8 Å². The van der Waals surface area contributed by atoms with E-state index >= 15 is 0 Å². The molecule has 0 saturated heterocycles. The molecule has 0 aliphatic rings. The highest BCUT2D eigenvalue weighted by molar-refractivity contribution is 7.99. The maximum Gasteiger partial charge on any atom is 0.337 e. The Bertz CT molecular complexity index is 615. The molecule has 2 aromatic rings. The summed E-state index contributed by atoms with van der Waals surface area (Å²) < 4.78 is 0. The minimum Gasteiger partial charge on any atom is -0.478 e. The summed E-state index contributed by atoms with van der Waals surface area (Å²) in [5, 5.41) is 12.2. The number of rotatable bonds is 6. The van der Waals surface area contributed by atoms with Crippen molar-refractivity contribution in [3.8, 4) is 0 Å². The first-order valence-electron chi connectivity index (χ1n) is 6.28. The molecule has 0 aliphatic carbocycles. The van der Waals surface area contributed by atoms with E-state index in [2.05, 4.69) is 10.3 Å². The number of aromatic nitrogens is 1. The van der Waals surface area contributed by atoms with Crippen molar-refractivity contribution in [2.24, 2.45) is 0 Å². The average molecular weight is 302 g/mol. The molecule has 0 spiro atoms. The van der Waals surface area contributed by atoms with Crippen LogP contribution in [0.15, 0.2) is 53.7 Å². The third kappa shape index (κ3) is 4.92. The van der Waals surface area contributed by atoms with Gasteiger partial charge in [-0.2, -0.15) is 0 Å². The lowest BCUT2D eigenvalue weighted by Gasteiger charge is -2.05. The van der Waals surface area contributed by atoms with Gasteiger partial charge in [0.1, 0.15) is 0 Å². The maximum atomic E-state index is 11.7. The number of aromatic carboxylic acids is 1. The van der Waals surface area contributed by atoms with Crippen LogP contribution in [0.4, 0.5) is 0 Å². The molecule has 1 amide bonds. The SMILES string of the molecule is O=C(CSc1ccc(C(=O)O)cn1)NCc1ccccc1. The normalized spacial score (nSPS) is 10.1. The number of carboxylic acid groups (broad SMARTS) is 1. The number of pyridine rings is 1. The zero-order chi connectivity index (χ0) is 15.1. The summed E-state index contributed by atoms with van der Waals surface area (Å²) in [4.78, 5) is 26.4. The number of nitrogens with zero attached hydrogens (tertiary/aromatic N) is 1. The van der Waals surface area contributed by atoms with E-state index in [1.807, 2.05) is 30.3 Å². The number of nitrogens with one attached hydrogen (secondary N) is 1. The fourth-order valence-corrected chi connectivity index (χ4v) is 2.25. The topological polar surface area (TPSA) is 79.3 Å².